The number of carbonyl (C=O) groups is 2. The van der Waals surface area contributed by atoms with Crippen molar-refractivity contribution in [3.05, 3.63) is 0 Å². The van der Waals surface area contributed by atoms with E-state index in [2.05, 4.69) is 6.92 Å². The standard InChI is InChI=1S/C16H30N2O3/c1-4-10-18(13-15(19)21-5-2)14(3)16(20)17-11-8-6-7-9-12-17/h14H,4-13H2,1-3H3. The van der Waals surface area contributed by atoms with Crippen molar-refractivity contribution in [1.29, 1.82) is 0 Å². The first-order chi connectivity index (χ1) is 10.1. The van der Waals surface area contributed by atoms with Crippen molar-refractivity contribution in [2.75, 3.05) is 32.8 Å². The third-order valence-electron chi connectivity index (χ3n) is 3.97. The maximum absolute atomic E-state index is 12.6. The first-order valence-corrected chi connectivity index (χ1v) is 8.28. The molecular formula is C16H30N2O3. The Balaban J connectivity index is 2.62. The summed E-state index contributed by atoms with van der Waals surface area (Å²) in [4.78, 5) is 28.2. The van der Waals surface area contributed by atoms with Crippen LogP contribution in [0.25, 0.3) is 0 Å². The molecular weight excluding hydrogens is 268 g/mol. The van der Waals surface area contributed by atoms with Gasteiger partial charge in [0, 0.05) is 13.1 Å². The average molecular weight is 298 g/mol. The van der Waals surface area contributed by atoms with E-state index in [1.54, 1.807) is 6.92 Å². The van der Waals surface area contributed by atoms with Gasteiger partial charge in [-0.1, -0.05) is 19.8 Å². The molecule has 0 bridgehead atoms. The van der Waals surface area contributed by atoms with Gasteiger partial charge in [-0.2, -0.15) is 0 Å². The summed E-state index contributed by atoms with van der Waals surface area (Å²) in [5.41, 5.74) is 0. The molecule has 1 aliphatic rings. The number of likely N-dealkylation sites (tertiary alicyclic amines) is 1. The number of carbonyl (C=O) groups excluding carboxylic acids is 2. The zero-order chi connectivity index (χ0) is 15.7. The van der Waals surface area contributed by atoms with Gasteiger partial charge in [0.25, 0.3) is 0 Å². The largest absolute Gasteiger partial charge is 0.465 e. The minimum Gasteiger partial charge on any atom is -0.465 e. The molecule has 1 saturated heterocycles. The van der Waals surface area contributed by atoms with Gasteiger partial charge < -0.3 is 9.64 Å². The fraction of sp³-hybridized carbons (Fsp3) is 0.875. The van der Waals surface area contributed by atoms with Gasteiger partial charge in [-0.25, -0.2) is 0 Å². The average Bonchev–Trinajstić information content (AvgIpc) is 2.74. The van der Waals surface area contributed by atoms with Crippen molar-refractivity contribution in [3.63, 3.8) is 0 Å². The van der Waals surface area contributed by atoms with Crippen LogP contribution in [0, 0.1) is 0 Å². The lowest BCUT2D eigenvalue weighted by Gasteiger charge is -2.31. The monoisotopic (exact) mass is 298 g/mol. The van der Waals surface area contributed by atoms with Crippen molar-refractivity contribution in [2.45, 2.75) is 58.9 Å². The topological polar surface area (TPSA) is 49.9 Å². The molecule has 0 aromatic carbocycles. The van der Waals surface area contributed by atoms with E-state index in [4.69, 9.17) is 4.74 Å². The van der Waals surface area contributed by atoms with Gasteiger partial charge >= 0.3 is 5.97 Å². The van der Waals surface area contributed by atoms with Crippen LogP contribution in [0.4, 0.5) is 0 Å². The van der Waals surface area contributed by atoms with Crippen LogP contribution in [0.3, 0.4) is 0 Å². The van der Waals surface area contributed by atoms with Crippen LogP contribution < -0.4 is 0 Å². The number of rotatable bonds is 7. The smallest absolute Gasteiger partial charge is 0.320 e. The molecule has 0 aromatic heterocycles. The summed E-state index contributed by atoms with van der Waals surface area (Å²) in [6.07, 6.45) is 5.50. The highest BCUT2D eigenvalue weighted by Crippen LogP contribution is 2.13. The molecule has 0 aromatic rings. The molecule has 0 N–H and O–H groups in total. The molecule has 5 nitrogen and oxygen atoms in total. The third kappa shape index (κ3) is 6.04. The van der Waals surface area contributed by atoms with Gasteiger partial charge in [0.15, 0.2) is 0 Å². The Bertz CT molecular complexity index is 325. The van der Waals surface area contributed by atoms with Crippen molar-refractivity contribution >= 4 is 11.9 Å². The summed E-state index contributed by atoms with van der Waals surface area (Å²) in [5, 5.41) is 0. The van der Waals surface area contributed by atoms with Gasteiger partial charge in [-0.15, -0.1) is 0 Å². The molecule has 1 aliphatic heterocycles. The second-order valence-electron chi connectivity index (χ2n) is 5.69. The summed E-state index contributed by atoms with van der Waals surface area (Å²) < 4.78 is 5.01. The molecule has 0 saturated carbocycles. The van der Waals surface area contributed by atoms with Gasteiger partial charge in [-0.3, -0.25) is 14.5 Å². The molecule has 1 rings (SSSR count). The second-order valence-corrected chi connectivity index (χ2v) is 5.69. The quantitative estimate of drug-likeness (QED) is 0.675. The molecule has 1 unspecified atom stereocenters. The molecule has 0 radical (unpaired) electrons. The number of hydrogen-bond donors (Lipinski definition) is 0. The van der Waals surface area contributed by atoms with Gasteiger partial charge in [0.1, 0.15) is 0 Å². The first-order valence-electron chi connectivity index (χ1n) is 8.28. The fourth-order valence-corrected chi connectivity index (χ4v) is 2.78. The Morgan fingerprint density at radius 3 is 2.29 bits per heavy atom. The van der Waals surface area contributed by atoms with Gasteiger partial charge in [0.2, 0.25) is 5.91 Å². The van der Waals surface area contributed by atoms with Crippen LogP contribution in [-0.4, -0.2) is 60.5 Å². The van der Waals surface area contributed by atoms with Crippen molar-refractivity contribution in [2.24, 2.45) is 0 Å². The van der Waals surface area contributed by atoms with Crippen molar-refractivity contribution in [3.8, 4) is 0 Å². The lowest BCUT2D eigenvalue weighted by atomic mass is 10.2. The maximum Gasteiger partial charge on any atom is 0.320 e. The Hall–Kier alpha value is -1.10. The Morgan fingerprint density at radius 2 is 1.76 bits per heavy atom. The normalized spacial score (nSPS) is 17.4. The minimum absolute atomic E-state index is 0.148. The number of nitrogens with zero attached hydrogens (tertiary/aromatic N) is 2. The Morgan fingerprint density at radius 1 is 1.14 bits per heavy atom. The van der Waals surface area contributed by atoms with E-state index >= 15 is 0 Å². The summed E-state index contributed by atoms with van der Waals surface area (Å²) in [6.45, 7) is 8.78. The van der Waals surface area contributed by atoms with Gasteiger partial charge in [0.05, 0.1) is 19.2 Å². The van der Waals surface area contributed by atoms with Crippen LogP contribution in [-0.2, 0) is 14.3 Å². The van der Waals surface area contributed by atoms with Crippen LogP contribution in [0.15, 0.2) is 0 Å². The van der Waals surface area contributed by atoms with Crippen LogP contribution in [0.2, 0.25) is 0 Å². The number of hydrogen-bond acceptors (Lipinski definition) is 4. The van der Waals surface area contributed by atoms with Crippen molar-refractivity contribution < 1.29 is 14.3 Å². The predicted octanol–water partition coefficient (Wildman–Crippen LogP) is 2.05. The Labute approximate surface area is 128 Å². The van der Waals surface area contributed by atoms with Crippen LogP contribution in [0.1, 0.15) is 52.9 Å². The maximum atomic E-state index is 12.6. The molecule has 1 heterocycles. The highest BCUT2D eigenvalue weighted by Gasteiger charge is 2.27. The van der Waals surface area contributed by atoms with E-state index in [1.807, 2.05) is 16.7 Å². The van der Waals surface area contributed by atoms with E-state index < -0.39 is 0 Å². The van der Waals surface area contributed by atoms with Gasteiger partial charge in [-0.05, 0) is 39.7 Å². The predicted molar refractivity (Wildman–Crippen MR) is 83.0 cm³/mol. The second kappa shape index (κ2) is 9.77. The van der Waals surface area contributed by atoms with Crippen LogP contribution >= 0.6 is 0 Å². The SMILES string of the molecule is CCCN(CC(=O)OCC)C(C)C(=O)N1CCCCCC1. The zero-order valence-electron chi connectivity index (χ0n) is 13.8. The molecule has 122 valence electrons. The molecule has 0 aliphatic carbocycles. The first kappa shape index (κ1) is 18.0. The summed E-state index contributed by atoms with van der Waals surface area (Å²) >= 11 is 0. The van der Waals surface area contributed by atoms with E-state index in [0.29, 0.717) is 6.61 Å². The lowest BCUT2D eigenvalue weighted by Crippen LogP contribution is -2.49. The summed E-state index contributed by atoms with van der Waals surface area (Å²) in [7, 11) is 0. The molecule has 1 atom stereocenters. The highest BCUT2D eigenvalue weighted by atomic mass is 16.5. The number of amides is 1. The third-order valence-corrected chi connectivity index (χ3v) is 3.97. The van der Waals surface area contributed by atoms with E-state index in [9.17, 15) is 9.59 Å². The fourth-order valence-electron chi connectivity index (χ4n) is 2.78. The summed E-state index contributed by atoms with van der Waals surface area (Å²) in [5.74, 6) is -0.101. The molecule has 21 heavy (non-hydrogen) atoms. The molecule has 1 amide bonds. The highest BCUT2D eigenvalue weighted by molar-refractivity contribution is 5.82. The number of ether oxygens (including phenoxy) is 1. The molecule has 1 fully saturated rings. The van der Waals surface area contributed by atoms with E-state index in [0.717, 1.165) is 38.9 Å². The Kier molecular flexibility index (Phi) is 8.35. The lowest BCUT2D eigenvalue weighted by molar-refractivity contribution is -0.146. The minimum atomic E-state index is -0.257. The van der Waals surface area contributed by atoms with E-state index in [1.165, 1.54) is 12.8 Å². The molecule has 5 heteroatoms. The molecule has 0 spiro atoms. The van der Waals surface area contributed by atoms with Crippen molar-refractivity contribution in [1.82, 2.24) is 9.80 Å². The van der Waals surface area contributed by atoms with E-state index in [-0.39, 0.29) is 24.5 Å². The number of esters is 1. The zero-order valence-corrected chi connectivity index (χ0v) is 13.8. The van der Waals surface area contributed by atoms with Crippen LogP contribution in [0.5, 0.6) is 0 Å². The summed E-state index contributed by atoms with van der Waals surface area (Å²) in [6, 6.07) is -0.257.